The van der Waals surface area contributed by atoms with Crippen LogP contribution in [0.1, 0.15) is 0 Å². The standard InChI is InChI=1S/C72H44N2O2/c75-71-57-32-29-55(73-67-35-24-50(45-13-5-1-6-14-45)40-63(67)64-41-51(25-36-68(64)73)46-15-7-2-8-16-46)39-54(57)23-31-59-58-30-22-49-21-28-56(44-62(49)72(76)61(58)34-33-60(59)71)74-69-37-26-52(47-17-9-3-10-18-47)42-65(69)66-43-53(27-38-70(66)74)48-19-11-4-12-20-48/h1-44H. The Morgan fingerprint density at radius 1 is 0.197 bits per heavy atom. The minimum Gasteiger partial charge on any atom is -0.309 e. The van der Waals surface area contributed by atoms with E-state index in [1.807, 2.05) is 72.8 Å². The lowest BCUT2D eigenvalue weighted by molar-refractivity contribution is 1.19. The van der Waals surface area contributed by atoms with E-state index in [9.17, 15) is 4.79 Å². The molecule has 15 rings (SSSR count). The van der Waals surface area contributed by atoms with Gasteiger partial charge in [0.05, 0.1) is 22.1 Å². The van der Waals surface area contributed by atoms with Crippen molar-refractivity contribution in [3.63, 3.8) is 0 Å². The van der Waals surface area contributed by atoms with Crippen molar-refractivity contribution < 1.29 is 0 Å². The van der Waals surface area contributed by atoms with Gasteiger partial charge in [-0.05, 0) is 157 Å². The zero-order chi connectivity index (χ0) is 50.4. The molecule has 0 radical (unpaired) electrons. The molecule has 0 amide bonds. The smallest absolute Gasteiger partial charge is 0.194 e. The summed E-state index contributed by atoms with van der Waals surface area (Å²) in [5.41, 5.74) is 15.2. The highest BCUT2D eigenvalue weighted by atomic mass is 16.1. The maximum absolute atomic E-state index is 15.1. The van der Waals surface area contributed by atoms with Crippen LogP contribution < -0.4 is 10.9 Å². The number of fused-ring (bicyclic) bond motifs is 11. The third kappa shape index (κ3) is 6.92. The Bertz CT molecular complexity index is 4810. The van der Waals surface area contributed by atoms with E-state index >= 15 is 4.79 Å². The lowest BCUT2D eigenvalue weighted by Crippen LogP contribution is -2.03. The molecule has 13 aromatic carbocycles. The van der Waals surface area contributed by atoms with Gasteiger partial charge in [-0.2, -0.15) is 0 Å². The largest absolute Gasteiger partial charge is 0.309 e. The highest BCUT2D eigenvalue weighted by Gasteiger charge is 2.19. The molecule has 0 fully saturated rings. The fourth-order valence-corrected chi connectivity index (χ4v) is 11.9. The molecule has 354 valence electrons. The third-order valence-corrected chi connectivity index (χ3v) is 15.7. The summed E-state index contributed by atoms with van der Waals surface area (Å²) in [6, 6.07) is 92.9. The fourth-order valence-electron chi connectivity index (χ4n) is 11.9. The molecular weight excluding hydrogens is 925 g/mol. The third-order valence-electron chi connectivity index (χ3n) is 15.7. The van der Waals surface area contributed by atoms with Crippen LogP contribution in [0.15, 0.2) is 277 Å². The van der Waals surface area contributed by atoms with Gasteiger partial charge in [0.15, 0.2) is 10.9 Å². The van der Waals surface area contributed by atoms with Crippen LogP contribution in [0.25, 0.3) is 143 Å². The van der Waals surface area contributed by atoms with E-state index in [-0.39, 0.29) is 10.9 Å². The van der Waals surface area contributed by atoms with E-state index in [1.54, 1.807) is 0 Å². The number of hydrogen-bond donors (Lipinski definition) is 0. The molecule has 0 spiro atoms. The summed E-state index contributed by atoms with van der Waals surface area (Å²) in [6.45, 7) is 0. The van der Waals surface area contributed by atoms with Crippen LogP contribution in [0.4, 0.5) is 0 Å². The predicted octanol–water partition coefficient (Wildman–Crippen LogP) is 17.9. The van der Waals surface area contributed by atoms with Crippen molar-refractivity contribution in [3.05, 3.63) is 287 Å². The van der Waals surface area contributed by atoms with Gasteiger partial charge in [0.2, 0.25) is 0 Å². The van der Waals surface area contributed by atoms with Gasteiger partial charge in [-0.1, -0.05) is 176 Å². The number of benzene rings is 11. The van der Waals surface area contributed by atoms with Gasteiger partial charge >= 0.3 is 0 Å². The second-order valence-corrected chi connectivity index (χ2v) is 19.9. The van der Waals surface area contributed by atoms with Crippen LogP contribution in [0.3, 0.4) is 0 Å². The maximum atomic E-state index is 15.1. The summed E-state index contributed by atoms with van der Waals surface area (Å²) >= 11 is 0. The van der Waals surface area contributed by atoms with Crippen LogP contribution >= 0.6 is 0 Å². The Labute approximate surface area is 436 Å². The molecule has 15 aromatic rings. The molecule has 0 N–H and O–H groups in total. The summed E-state index contributed by atoms with van der Waals surface area (Å²) < 4.78 is 4.59. The molecule has 2 heterocycles. The average Bonchev–Trinajstić information content (AvgIpc) is 3.99. The SMILES string of the molecule is O=c1c2ccc(-n3c4ccc(-c5ccccc5)cc4c4cc(-c5ccccc5)ccc43)cc2ccc2c1ccc1c(=O)c3cc(-n4c5ccc(-c6ccccc6)cc5c5cc(-c6ccccc6)ccc54)ccc3ccc12. The molecule has 76 heavy (non-hydrogen) atoms. The molecule has 0 saturated carbocycles. The highest BCUT2D eigenvalue weighted by molar-refractivity contribution is 6.15. The fraction of sp³-hybridized carbons (Fsp3) is 0. The van der Waals surface area contributed by atoms with Gasteiger partial charge in [-0.25, -0.2) is 0 Å². The first-order valence-electron chi connectivity index (χ1n) is 25.8. The molecule has 0 aliphatic heterocycles. The van der Waals surface area contributed by atoms with Gasteiger partial charge in [-0.15, -0.1) is 0 Å². The zero-order valence-electron chi connectivity index (χ0n) is 41.1. The van der Waals surface area contributed by atoms with E-state index < -0.39 is 0 Å². The topological polar surface area (TPSA) is 44.0 Å². The van der Waals surface area contributed by atoms with Gasteiger partial charge < -0.3 is 9.13 Å². The summed E-state index contributed by atoms with van der Waals surface area (Å²) in [7, 11) is 0. The first kappa shape index (κ1) is 43.4. The van der Waals surface area contributed by atoms with Crippen molar-refractivity contribution in [3.8, 4) is 55.9 Å². The van der Waals surface area contributed by atoms with Gasteiger partial charge in [0.25, 0.3) is 0 Å². The predicted molar refractivity (Wildman–Crippen MR) is 319 cm³/mol. The Balaban J connectivity index is 0.883. The first-order chi connectivity index (χ1) is 37.5. The Hall–Kier alpha value is -10.2. The Kier molecular flexibility index (Phi) is 9.85. The van der Waals surface area contributed by atoms with Crippen LogP contribution in [-0.4, -0.2) is 9.13 Å². The van der Waals surface area contributed by atoms with Crippen molar-refractivity contribution in [2.45, 2.75) is 0 Å². The molecular formula is C72H44N2O2. The van der Waals surface area contributed by atoms with E-state index in [0.29, 0.717) is 21.5 Å². The molecule has 0 atom stereocenters. The summed E-state index contributed by atoms with van der Waals surface area (Å²) in [5, 5.41) is 10.1. The molecule has 0 aliphatic rings. The van der Waals surface area contributed by atoms with Gasteiger partial charge in [0.1, 0.15) is 0 Å². The van der Waals surface area contributed by atoms with E-state index in [0.717, 1.165) is 121 Å². The van der Waals surface area contributed by atoms with Crippen LogP contribution in [0.2, 0.25) is 0 Å². The van der Waals surface area contributed by atoms with Gasteiger partial charge in [-0.3, -0.25) is 9.59 Å². The van der Waals surface area contributed by atoms with Crippen molar-refractivity contribution in [2.75, 3.05) is 0 Å². The number of hydrogen-bond acceptors (Lipinski definition) is 2. The lowest BCUT2D eigenvalue weighted by Gasteiger charge is -2.10. The van der Waals surface area contributed by atoms with Crippen LogP contribution in [-0.2, 0) is 0 Å². The van der Waals surface area contributed by atoms with E-state index in [1.165, 1.54) is 0 Å². The molecule has 0 saturated heterocycles. The second kappa shape index (κ2) is 17.2. The molecule has 4 heteroatoms. The van der Waals surface area contributed by atoms with Gasteiger partial charge in [0, 0.05) is 54.5 Å². The molecule has 4 nitrogen and oxygen atoms in total. The van der Waals surface area contributed by atoms with Crippen molar-refractivity contribution >= 4 is 86.7 Å². The second-order valence-electron chi connectivity index (χ2n) is 19.9. The lowest BCUT2D eigenvalue weighted by atomic mass is 10.0. The molecule has 0 unspecified atom stereocenters. The number of rotatable bonds is 6. The minimum atomic E-state index is -0.0831. The average molecular weight is 969 g/mol. The quantitative estimate of drug-likeness (QED) is 0.167. The molecule has 0 aliphatic carbocycles. The van der Waals surface area contributed by atoms with Crippen molar-refractivity contribution in [1.82, 2.24) is 9.13 Å². The van der Waals surface area contributed by atoms with Crippen molar-refractivity contribution in [1.29, 1.82) is 0 Å². The van der Waals surface area contributed by atoms with Crippen LogP contribution in [0.5, 0.6) is 0 Å². The normalized spacial score (nSPS) is 11.8. The summed E-state index contributed by atoms with van der Waals surface area (Å²) in [6.07, 6.45) is 0. The Morgan fingerprint density at radius 2 is 0.513 bits per heavy atom. The minimum absolute atomic E-state index is 0.0753. The van der Waals surface area contributed by atoms with E-state index in [2.05, 4.69) is 203 Å². The number of nitrogens with zero attached hydrogens (tertiary/aromatic N) is 2. The molecule has 2 aromatic heterocycles. The summed E-state index contributed by atoms with van der Waals surface area (Å²) in [5.74, 6) is 0. The number of aromatic nitrogens is 2. The highest BCUT2D eigenvalue weighted by Crippen LogP contribution is 2.40. The molecule has 0 bridgehead atoms. The van der Waals surface area contributed by atoms with Crippen LogP contribution in [0, 0.1) is 0 Å². The zero-order valence-corrected chi connectivity index (χ0v) is 41.1. The Morgan fingerprint density at radius 3 is 0.921 bits per heavy atom. The summed E-state index contributed by atoms with van der Waals surface area (Å²) in [4.78, 5) is 29.9. The monoisotopic (exact) mass is 968 g/mol. The van der Waals surface area contributed by atoms with Crippen molar-refractivity contribution in [2.24, 2.45) is 0 Å². The first-order valence-corrected chi connectivity index (χ1v) is 25.8. The van der Waals surface area contributed by atoms with E-state index in [4.69, 9.17) is 0 Å². The maximum Gasteiger partial charge on any atom is 0.194 e.